The van der Waals surface area contributed by atoms with Gasteiger partial charge in [0.15, 0.2) is 5.82 Å². The summed E-state index contributed by atoms with van der Waals surface area (Å²) in [6, 6.07) is 1.53. The van der Waals surface area contributed by atoms with Crippen LogP contribution < -0.4 is 9.64 Å². The highest BCUT2D eigenvalue weighted by atomic mass is 35.5. The molecular weight excluding hydrogens is 566 g/mol. The lowest BCUT2D eigenvalue weighted by molar-refractivity contribution is -0.137. The summed E-state index contributed by atoms with van der Waals surface area (Å²) < 4.78 is 70.4. The number of rotatable bonds is 5. The second kappa shape index (κ2) is 9.81. The molecule has 0 radical (unpaired) electrons. The van der Waals surface area contributed by atoms with Crippen molar-refractivity contribution in [1.29, 1.82) is 0 Å². The van der Waals surface area contributed by atoms with Crippen LogP contribution in [-0.4, -0.2) is 75.5 Å². The number of alkyl halides is 3. The molecule has 2 atom stereocenters. The van der Waals surface area contributed by atoms with Crippen LogP contribution in [0.3, 0.4) is 0 Å². The Kier molecular flexibility index (Phi) is 6.44. The van der Waals surface area contributed by atoms with Gasteiger partial charge in [0, 0.05) is 24.8 Å². The summed E-state index contributed by atoms with van der Waals surface area (Å²) in [5, 5.41) is 9.53. The molecule has 13 heteroatoms. The van der Waals surface area contributed by atoms with Gasteiger partial charge < -0.3 is 19.5 Å². The van der Waals surface area contributed by atoms with Crippen molar-refractivity contribution in [3.8, 4) is 23.0 Å². The van der Waals surface area contributed by atoms with E-state index in [1.165, 1.54) is 6.20 Å². The van der Waals surface area contributed by atoms with Crippen LogP contribution in [0.4, 0.5) is 23.4 Å². The van der Waals surface area contributed by atoms with Crippen molar-refractivity contribution < 1.29 is 32.1 Å². The number of phenols is 1. The maximum Gasteiger partial charge on any atom is 0.418 e. The predicted molar refractivity (Wildman–Crippen MR) is 143 cm³/mol. The molecule has 0 aliphatic carbocycles. The van der Waals surface area contributed by atoms with E-state index in [0.29, 0.717) is 25.5 Å². The number of aromatic hydroxyl groups is 1. The number of hydrogen-bond donors (Lipinski definition) is 1. The van der Waals surface area contributed by atoms with Gasteiger partial charge in [-0.15, -0.1) is 0 Å². The van der Waals surface area contributed by atoms with Crippen LogP contribution in [0.1, 0.15) is 44.1 Å². The molecule has 4 saturated heterocycles. The number of fused-ring (bicyclic) bond motifs is 4. The largest absolute Gasteiger partial charge is 0.508 e. The molecule has 0 saturated carbocycles. The fourth-order valence-corrected chi connectivity index (χ4v) is 7.35. The van der Waals surface area contributed by atoms with Crippen molar-refractivity contribution in [2.75, 3.05) is 37.7 Å². The Morgan fingerprint density at radius 1 is 1.10 bits per heavy atom. The molecule has 2 unspecified atom stereocenters. The van der Waals surface area contributed by atoms with Crippen LogP contribution in [0.25, 0.3) is 22.2 Å². The SMILES string of the molecule is Oc1cc(Cl)c(C(F)(F)F)c(-c2ncc3c(N4CC5CCC(C4)O5)nc(OCC45CCCN4CCC5)nc3c2F)c1. The first-order valence-corrected chi connectivity index (χ1v) is 14.2. The van der Waals surface area contributed by atoms with Crippen LogP contribution in [0, 0.1) is 5.82 Å². The van der Waals surface area contributed by atoms with E-state index in [1.54, 1.807) is 0 Å². The number of morpholine rings is 1. The molecule has 4 aliphatic heterocycles. The summed E-state index contributed by atoms with van der Waals surface area (Å²) in [4.78, 5) is 17.6. The van der Waals surface area contributed by atoms with Crippen molar-refractivity contribution in [1.82, 2.24) is 19.9 Å². The van der Waals surface area contributed by atoms with Gasteiger partial charge in [-0.1, -0.05) is 11.6 Å². The number of benzene rings is 1. The minimum Gasteiger partial charge on any atom is -0.508 e. The lowest BCUT2D eigenvalue weighted by atomic mass is 9.95. The number of phenolic OH excluding ortho intramolecular Hbond substituents is 1. The van der Waals surface area contributed by atoms with E-state index in [4.69, 9.17) is 26.1 Å². The molecular formula is C28H28ClF4N5O3. The summed E-state index contributed by atoms with van der Waals surface area (Å²) in [6.45, 7) is 3.40. The molecule has 218 valence electrons. The van der Waals surface area contributed by atoms with Gasteiger partial charge in [0.25, 0.3) is 0 Å². The van der Waals surface area contributed by atoms with Crippen LogP contribution >= 0.6 is 11.6 Å². The van der Waals surface area contributed by atoms with Crippen molar-refractivity contribution in [3.63, 3.8) is 0 Å². The van der Waals surface area contributed by atoms with Crippen LogP contribution in [0.2, 0.25) is 5.02 Å². The molecule has 2 aromatic heterocycles. The molecule has 41 heavy (non-hydrogen) atoms. The van der Waals surface area contributed by atoms with Gasteiger partial charge in [-0.2, -0.15) is 23.1 Å². The predicted octanol–water partition coefficient (Wildman–Crippen LogP) is 5.58. The monoisotopic (exact) mass is 593 g/mol. The first-order valence-electron chi connectivity index (χ1n) is 13.9. The van der Waals surface area contributed by atoms with Gasteiger partial charge in [-0.3, -0.25) is 9.88 Å². The van der Waals surface area contributed by atoms with E-state index in [9.17, 15) is 18.3 Å². The van der Waals surface area contributed by atoms with E-state index in [1.807, 2.05) is 4.90 Å². The lowest BCUT2D eigenvalue weighted by Gasteiger charge is -2.34. The van der Waals surface area contributed by atoms with E-state index >= 15 is 4.39 Å². The summed E-state index contributed by atoms with van der Waals surface area (Å²) in [7, 11) is 0. The first kappa shape index (κ1) is 26.9. The zero-order valence-corrected chi connectivity index (χ0v) is 22.8. The Bertz CT molecular complexity index is 1500. The number of anilines is 1. The Morgan fingerprint density at radius 2 is 1.80 bits per heavy atom. The third-order valence-corrected chi connectivity index (χ3v) is 9.18. The number of ether oxygens (including phenoxy) is 2. The molecule has 4 fully saturated rings. The highest BCUT2D eigenvalue weighted by Crippen LogP contribution is 2.45. The van der Waals surface area contributed by atoms with Crippen molar-refractivity contribution in [2.24, 2.45) is 0 Å². The summed E-state index contributed by atoms with van der Waals surface area (Å²) in [5.41, 5.74) is -2.93. The Labute approximate surface area is 238 Å². The van der Waals surface area contributed by atoms with E-state index < -0.39 is 39.6 Å². The third-order valence-electron chi connectivity index (χ3n) is 8.88. The van der Waals surface area contributed by atoms with E-state index in [-0.39, 0.29) is 34.7 Å². The number of nitrogens with zero attached hydrogens (tertiary/aromatic N) is 5. The van der Waals surface area contributed by atoms with Crippen molar-refractivity contribution in [3.05, 3.63) is 34.7 Å². The van der Waals surface area contributed by atoms with E-state index in [0.717, 1.165) is 63.7 Å². The fraction of sp³-hybridized carbons (Fsp3) is 0.536. The Balaban J connectivity index is 1.35. The zero-order valence-electron chi connectivity index (χ0n) is 22.1. The van der Waals surface area contributed by atoms with Gasteiger partial charge in [-0.25, -0.2) is 4.39 Å². The van der Waals surface area contributed by atoms with Crippen LogP contribution in [0.5, 0.6) is 11.8 Å². The molecule has 4 aliphatic rings. The number of pyridine rings is 1. The summed E-state index contributed by atoms with van der Waals surface area (Å²) in [6.07, 6.45) is 2.29. The minimum absolute atomic E-state index is 0.00779. The third kappa shape index (κ3) is 4.64. The van der Waals surface area contributed by atoms with Crippen molar-refractivity contribution in [2.45, 2.75) is 62.4 Å². The highest BCUT2D eigenvalue weighted by Gasteiger charge is 2.45. The van der Waals surface area contributed by atoms with Gasteiger partial charge >= 0.3 is 12.2 Å². The number of halogens is 5. The van der Waals surface area contributed by atoms with E-state index in [2.05, 4.69) is 14.9 Å². The summed E-state index contributed by atoms with van der Waals surface area (Å²) >= 11 is 5.87. The molecule has 8 nitrogen and oxygen atoms in total. The highest BCUT2D eigenvalue weighted by molar-refractivity contribution is 6.32. The molecule has 0 spiro atoms. The topological polar surface area (TPSA) is 83.8 Å². The van der Waals surface area contributed by atoms with Gasteiger partial charge in [0.2, 0.25) is 0 Å². The molecule has 1 N–H and O–H groups in total. The first-order chi connectivity index (χ1) is 19.6. The smallest absolute Gasteiger partial charge is 0.418 e. The normalized spacial score (nSPS) is 23.9. The van der Waals surface area contributed by atoms with Gasteiger partial charge in [0.05, 0.1) is 33.7 Å². The second-order valence-electron chi connectivity index (χ2n) is 11.4. The lowest BCUT2D eigenvalue weighted by Crippen LogP contribution is -2.44. The second-order valence-corrected chi connectivity index (χ2v) is 11.8. The quantitative estimate of drug-likeness (QED) is 0.384. The molecule has 1 aromatic carbocycles. The van der Waals surface area contributed by atoms with Gasteiger partial charge in [-0.05, 0) is 63.7 Å². The summed E-state index contributed by atoms with van der Waals surface area (Å²) in [5.74, 6) is -1.23. The van der Waals surface area contributed by atoms with Crippen molar-refractivity contribution >= 4 is 28.3 Å². The standard InChI is InChI=1S/C28H28ClF4N5O3/c29-20-10-15(39)9-18(21(20)28(31,32)33)23-22(30)24-19(11-34-23)25(37-12-16-3-4-17(13-37)41-16)36-26(35-24)40-14-27-5-1-7-38(27)8-2-6-27/h9-11,16-17,39H,1-8,12-14H2. The minimum atomic E-state index is -4.92. The molecule has 3 aromatic rings. The molecule has 2 bridgehead atoms. The maximum absolute atomic E-state index is 16.3. The van der Waals surface area contributed by atoms with Crippen LogP contribution in [-0.2, 0) is 10.9 Å². The molecule has 6 heterocycles. The average molecular weight is 594 g/mol. The average Bonchev–Trinajstić information content (AvgIpc) is 3.59. The molecule has 7 rings (SSSR count). The maximum atomic E-state index is 16.3. The van der Waals surface area contributed by atoms with Crippen LogP contribution in [0.15, 0.2) is 18.3 Å². The van der Waals surface area contributed by atoms with Gasteiger partial charge in [0.1, 0.15) is 29.4 Å². The Hall–Kier alpha value is -2.96. The molecule has 0 amide bonds. The zero-order chi connectivity index (χ0) is 28.5. The number of hydrogen-bond acceptors (Lipinski definition) is 8. The fourth-order valence-electron chi connectivity index (χ4n) is 7.03. The Morgan fingerprint density at radius 3 is 2.49 bits per heavy atom. The number of aromatic nitrogens is 3.